The van der Waals surface area contributed by atoms with Gasteiger partial charge in [0.25, 0.3) is 0 Å². The molecule has 1 aromatic rings. The lowest BCUT2D eigenvalue weighted by molar-refractivity contribution is -0.135. The van der Waals surface area contributed by atoms with Crippen LogP contribution in [-0.4, -0.2) is 54.2 Å². The highest BCUT2D eigenvalue weighted by Crippen LogP contribution is 2.50. The van der Waals surface area contributed by atoms with Crippen LogP contribution < -0.4 is 4.72 Å². The van der Waals surface area contributed by atoms with E-state index in [1.807, 2.05) is 4.90 Å². The van der Waals surface area contributed by atoms with Gasteiger partial charge in [-0.05, 0) is 45.4 Å². The summed E-state index contributed by atoms with van der Waals surface area (Å²) in [5.74, 6) is 1.68. The van der Waals surface area contributed by atoms with E-state index in [1.165, 1.54) is 6.42 Å². The minimum atomic E-state index is -3.28. The summed E-state index contributed by atoms with van der Waals surface area (Å²) in [6.45, 7) is 4.60. The number of hydrogen-bond donors (Lipinski definition) is 1. The Kier molecular flexibility index (Phi) is 5.24. The Balaban J connectivity index is 1.56. The predicted molar refractivity (Wildman–Crippen MR) is 103 cm³/mol. The zero-order valence-corrected chi connectivity index (χ0v) is 17.5. The molecular formula is C19H30N4O4S. The number of carbonyl (C=O) groups excluding carboxylic acids is 1. The molecule has 3 atom stereocenters. The van der Waals surface area contributed by atoms with E-state index < -0.39 is 15.4 Å². The molecule has 0 aromatic carbocycles. The average Bonchev–Trinajstić information content (AvgIpc) is 3.34. The quantitative estimate of drug-likeness (QED) is 0.793. The van der Waals surface area contributed by atoms with Crippen molar-refractivity contribution in [2.24, 2.45) is 11.8 Å². The Morgan fingerprint density at radius 1 is 1.32 bits per heavy atom. The van der Waals surface area contributed by atoms with E-state index in [2.05, 4.69) is 14.9 Å². The number of nitrogens with zero attached hydrogens (tertiary/aromatic N) is 3. The van der Waals surface area contributed by atoms with Crippen molar-refractivity contribution in [3.63, 3.8) is 0 Å². The first-order valence-electron chi connectivity index (χ1n) is 10.4. The Morgan fingerprint density at radius 3 is 2.71 bits per heavy atom. The lowest BCUT2D eigenvalue weighted by Crippen LogP contribution is -2.41. The summed E-state index contributed by atoms with van der Waals surface area (Å²) in [6, 6.07) is -0.158. The number of fused-ring (bicyclic) bond motifs is 1. The Hall–Kier alpha value is -1.48. The number of aryl methyl sites for hydroxylation is 1. The summed E-state index contributed by atoms with van der Waals surface area (Å²) < 4.78 is 32.5. The van der Waals surface area contributed by atoms with E-state index in [0.29, 0.717) is 37.6 Å². The molecule has 156 valence electrons. The van der Waals surface area contributed by atoms with Crippen LogP contribution in [0, 0.1) is 18.8 Å². The molecule has 2 heterocycles. The molecule has 9 heteroatoms. The van der Waals surface area contributed by atoms with Crippen LogP contribution in [0.5, 0.6) is 0 Å². The molecule has 4 rings (SSSR count). The normalized spacial score (nSPS) is 31.3. The molecule has 1 aliphatic heterocycles. The van der Waals surface area contributed by atoms with E-state index in [9.17, 15) is 13.2 Å². The molecule has 0 bridgehead atoms. The largest absolute Gasteiger partial charge is 0.341 e. The first-order chi connectivity index (χ1) is 13.3. The van der Waals surface area contributed by atoms with Crippen LogP contribution in [0.2, 0.25) is 0 Å². The van der Waals surface area contributed by atoms with Gasteiger partial charge in [-0.2, -0.15) is 4.98 Å². The third kappa shape index (κ3) is 3.58. The summed E-state index contributed by atoms with van der Waals surface area (Å²) in [5, 5.41) is 3.96. The van der Waals surface area contributed by atoms with Gasteiger partial charge >= 0.3 is 0 Å². The highest BCUT2D eigenvalue weighted by Gasteiger charge is 2.58. The summed E-state index contributed by atoms with van der Waals surface area (Å²) >= 11 is 0. The molecule has 3 aliphatic rings. The van der Waals surface area contributed by atoms with Crippen molar-refractivity contribution in [2.75, 3.05) is 18.8 Å². The fourth-order valence-electron chi connectivity index (χ4n) is 5.40. The van der Waals surface area contributed by atoms with Crippen LogP contribution in [0.1, 0.15) is 63.6 Å². The molecule has 2 aliphatic carbocycles. The molecule has 1 saturated heterocycles. The van der Waals surface area contributed by atoms with E-state index in [-0.39, 0.29) is 29.5 Å². The molecule has 8 nitrogen and oxygen atoms in total. The molecule has 2 saturated carbocycles. The van der Waals surface area contributed by atoms with Gasteiger partial charge in [0.1, 0.15) is 0 Å². The van der Waals surface area contributed by atoms with Gasteiger partial charge in [-0.3, -0.25) is 4.79 Å². The summed E-state index contributed by atoms with van der Waals surface area (Å²) in [5.41, 5.74) is -0.452. The average molecular weight is 411 g/mol. The topological polar surface area (TPSA) is 105 Å². The second kappa shape index (κ2) is 7.40. The van der Waals surface area contributed by atoms with Gasteiger partial charge in [0.2, 0.25) is 21.8 Å². The first-order valence-corrected chi connectivity index (χ1v) is 12.1. The molecule has 0 radical (unpaired) electrons. The van der Waals surface area contributed by atoms with Gasteiger partial charge in [-0.25, -0.2) is 13.1 Å². The number of hydrogen-bond acceptors (Lipinski definition) is 6. The monoisotopic (exact) mass is 410 g/mol. The molecule has 1 N–H and O–H groups in total. The lowest BCUT2D eigenvalue weighted by atomic mass is 9.80. The molecule has 1 unspecified atom stereocenters. The molecule has 1 amide bonds. The predicted octanol–water partition coefficient (Wildman–Crippen LogP) is 1.76. The van der Waals surface area contributed by atoms with Crippen LogP contribution in [0.25, 0.3) is 0 Å². The molecule has 1 aromatic heterocycles. The van der Waals surface area contributed by atoms with E-state index >= 15 is 0 Å². The summed E-state index contributed by atoms with van der Waals surface area (Å²) in [6.07, 6.45) is 6.71. The molecule has 3 fully saturated rings. The van der Waals surface area contributed by atoms with Crippen molar-refractivity contribution < 1.29 is 17.7 Å². The third-order valence-electron chi connectivity index (χ3n) is 6.82. The van der Waals surface area contributed by atoms with Crippen molar-refractivity contribution in [1.29, 1.82) is 0 Å². The number of amides is 1. The van der Waals surface area contributed by atoms with Crippen molar-refractivity contribution in [3.8, 4) is 0 Å². The van der Waals surface area contributed by atoms with Crippen molar-refractivity contribution in [3.05, 3.63) is 11.7 Å². The minimum absolute atomic E-state index is 0.0626. The van der Waals surface area contributed by atoms with Gasteiger partial charge in [0.15, 0.2) is 5.82 Å². The number of nitrogens with one attached hydrogen (secondary N) is 1. The van der Waals surface area contributed by atoms with Gasteiger partial charge in [-0.15, -0.1) is 0 Å². The maximum Gasteiger partial charge on any atom is 0.235 e. The first kappa shape index (κ1) is 19.8. The van der Waals surface area contributed by atoms with Crippen LogP contribution in [0.4, 0.5) is 0 Å². The number of carbonyl (C=O) groups is 1. The SMILES string of the molecule is CCS(=O)(=O)N[C@@H]1CC2CN(C(=O)C3CCCCC3)C[C@@]2(c2nc(C)no2)C1. The van der Waals surface area contributed by atoms with Crippen molar-refractivity contribution >= 4 is 15.9 Å². The second-order valence-corrected chi connectivity index (χ2v) is 10.8. The van der Waals surface area contributed by atoms with Crippen LogP contribution in [0.3, 0.4) is 0 Å². The fraction of sp³-hybridized carbons (Fsp3) is 0.842. The summed E-state index contributed by atoms with van der Waals surface area (Å²) in [4.78, 5) is 19.6. The number of aromatic nitrogens is 2. The van der Waals surface area contributed by atoms with Gasteiger partial charge < -0.3 is 9.42 Å². The number of sulfonamides is 1. The smallest absolute Gasteiger partial charge is 0.235 e. The standard InChI is InChI=1S/C19H30N4O4S/c1-3-28(25,26)22-16-9-15-11-23(17(24)14-7-5-4-6-8-14)12-19(15,10-16)18-20-13(2)21-27-18/h14-16,22H,3-12H2,1-2H3/t15?,16-,19+/m1/s1. The van der Waals surface area contributed by atoms with Crippen molar-refractivity contribution in [1.82, 2.24) is 19.8 Å². The zero-order chi connectivity index (χ0) is 19.9. The van der Waals surface area contributed by atoms with E-state index in [0.717, 1.165) is 25.7 Å². The van der Waals surface area contributed by atoms with Gasteiger partial charge in [0, 0.05) is 25.0 Å². The summed E-state index contributed by atoms with van der Waals surface area (Å²) in [7, 11) is -3.28. The molecular weight excluding hydrogens is 380 g/mol. The lowest BCUT2D eigenvalue weighted by Gasteiger charge is -2.29. The molecule has 0 spiro atoms. The second-order valence-electron chi connectivity index (χ2n) is 8.71. The number of rotatable bonds is 5. The fourth-order valence-corrected chi connectivity index (χ4v) is 6.26. The highest BCUT2D eigenvalue weighted by atomic mass is 32.2. The molecule has 28 heavy (non-hydrogen) atoms. The number of likely N-dealkylation sites (tertiary alicyclic amines) is 1. The maximum absolute atomic E-state index is 13.1. The van der Waals surface area contributed by atoms with Crippen molar-refractivity contribution in [2.45, 2.75) is 70.3 Å². The zero-order valence-electron chi connectivity index (χ0n) is 16.7. The highest BCUT2D eigenvalue weighted by molar-refractivity contribution is 7.89. The van der Waals surface area contributed by atoms with E-state index in [1.54, 1.807) is 13.8 Å². The third-order valence-corrected chi connectivity index (χ3v) is 8.27. The van der Waals surface area contributed by atoms with Crippen LogP contribution in [-0.2, 0) is 20.2 Å². The Labute approximate surface area is 166 Å². The Bertz CT molecular complexity index is 833. The van der Waals surface area contributed by atoms with E-state index in [4.69, 9.17) is 4.52 Å². The van der Waals surface area contributed by atoms with Gasteiger partial charge in [0.05, 0.1) is 11.2 Å². The van der Waals surface area contributed by atoms with Crippen LogP contribution >= 0.6 is 0 Å². The van der Waals surface area contributed by atoms with Crippen LogP contribution in [0.15, 0.2) is 4.52 Å². The van der Waals surface area contributed by atoms with Gasteiger partial charge in [-0.1, -0.05) is 24.4 Å². The Morgan fingerprint density at radius 2 is 2.07 bits per heavy atom. The maximum atomic E-state index is 13.1. The minimum Gasteiger partial charge on any atom is -0.341 e.